The van der Waals surface area contributed by atoms with E-state index in [0.29, 0.717) is 12.5 Å². The molecule has 1 aliphatic carbocycles. The molecule has 5 heteroatoms. The van der Waals surface area contributed by atoms with Gasteiger partial charge in [-0.25, -0.2) is 4.98 Å². The zero-order valence-corrected chi connectivity index (χ0v) is 14.6. The van der Waals surface area contributed by atoms with Crippen LogP contribution in [0.15, 0.2) is 21.9 Å². The van der Waals surface area contributed by atoms with Gasteiger partial charge in [0.25, 0.3) is 0 Å². The fourth-order valence-electron chi connectivity index (χ4n) is 3.21. The zero-order chi connectivity index (χ0) is 16.2. The lowest BCUT2D eigenvalue weighted by Gasteiger charge is -2.28. The topological polar surface area (TPSA) is 55.1 Å². The number of thiazole rings is 1. The predicted octanol–water partition coefficient (Wildman–Crippen LogP) is 4.34. The first-order valence-corrected chi connectivity index (χ1v) is 9.32. The van der Waals surface area contributed by atoms with Gasteiger partial charge in [0.15, 0.2) is 10.8 Å². The van der Waals surface area contributed by atoms with Crippen LogP contribution in [-0.4, -0.2) is 16.9 Å². The van der Waals surface area contributed by atoms with E-state index in [1.54, 1.807) is 0 Å². The van der Waals surface area contributed by atoms with Crippen LogP contribution < -0.4 is 5.32 Å². The van der Waals surface area contributed by atoms with Gasteiger partial charge < -0.3 is 9.73 Å². The number of aryl methyl sites for hydroxylation is 1. The van der Waals surface area contributed by atoms with Crippen molar-refractivity contribution in [1.29, 1.82) is 0 Å². The Morgan fingerprint density at radius 1 is 1.35 bits per heavy atom. The third-order valence-corrected chi connectivity index (χ3v) is 5.54. The molecule has 1 N–H and O–H groups in total. The van der Waals surface area contributed by atoms with E-state index in [4.69, 9.17) is 4.42 Å². The van der Waals surface area contributed by atoms with Gasteiger partial charge in [0.1, 0.15) is 5.76 Å². The average molecular weight is 332 g/mol. The summed E-state index contributed by atoms with van der Waals surface area (Å²) in [4.78, 5) is 16.7. The lowest BCUT2D eigenvalue weighted by molar-refractivity contribution is -0.121. The normalized spacial score (nSPS) is 21.3. The number of aromatic nitrogens is 1. The molecular weight excluding hydrogens is 308 g/mol. The Hall–Kier alpha value is -1.62. The van der Waals surface area contributed by atoms with Crippen molar-refractivity contribution in [3.8, 4) is 10.8 Å². The summed E-state index contributed by atoms with van der Waals surface area (Å²) in [7, 11) is 0. The molecule has 124 valence electrons. The molecule has 1 amide bonds. The summed E-state index contributed by atoms with van der Waals surface area (Å²) in [6.45, 7) is 4.17. The van der Waals surface area contributed by atoms with Crippen molar-refractivity contribution in [3.05, 3.63) is 29.0 Å². The molecule has 4 nitrogen and oxygen atoms in total. The van der Waals surface area contributed by atoms with Crippen LogP contribution in [0.2, 0.25) is 0 Å². The number of hydrogen-bond donors (Lipinski definition) is 1. The summed E-state index contributed by atoms with van der Waals surface area (Å²) in [6, 6.07) is 4.19. The average Bonchev–Trinajstić information content (AvgIpc) is 3.17. The van der Waals surface area contributed by atoms with Crippen molar-refractivity contribution >= 4 is 17.2 Å². The molecule has 2 heterocycles. The number of carbonyl (C=O) groups is 1. The molecule has 0 radical (unpaired) electrons. The van der Waals surface area contributed by atoms with Crippen LogP contribution in [0.4, 0.5) is 0 Å². The largest absolute Gasteiger partial charge is 0.459 e. The number of rotatable bonds is 5. The second-order valence-corrected chi connectivity index (χ2v) is 7.28. The van der Waals surface area contributed by atoms with Gasteiger partial charge in [0.05, 0.1) is 12.1 Å². The van der Waals surface area contributed by atoms with E-state index in [1.807, 2.05) is 24.4 Å². The fourth-order valence-corrected chi connectivity index (χ4v) is 3.99. The quantitative estimate of drug-likeness (QED) is 0.886. The maximum atomic E-state index is 12.2. The summed E-state index contributed by atoms with van der Waals surface area (Å²) in [5, 5.41) is 5.95. The molecule has 0 bridgehead atoms. The molecule has 2 aromatic rings. The summed E-state index contributed by atoms with van der Waals surface area (Å²) in [5.74, 6) is 2.58. The van der Waals surface area contributed by atoms with Gasteiger partial charge in [-0.05, 0) is 50.7 Å². The Bertz CT molecular complexity index is 654. The highest BCUT2D eigenvalue weighted by Gasteiger charge is 2.21. The molecule has 0 unspecified atom stereocenters. The Morgan fingerprint density at radius 2 is 2.13 bits per heavy atom. The van der Waals surface area contributed by atoms with Gasteiger partial charge in [-0.2, -0.15) is 0 Å². The van der Waals surface area contributed by atoms with Gasteiger partial charge in [-0.15, -0.1) is 11.3 Å². The number of amides is 1. The molecular formula is C18H24N2O2S. The Morgan fingerprint density at radius 3 is 2.78 bits per heavy atom. The SMILES string of the molecule is CCC1CCC(NC(=O)Cc2csc(-c3ccc(C)o3)n2)CC1. The number of hydrogen-bond acceptors (Lipinski definition) is 4. The number of nitrogens with one attached hydrogen (secondary N) is 1. The number of carbonyl (C=O) groups excluding carboxylic acids is 1. The minimum atomic E-state index is 0.0809. The Balaban J connectivity index is 1.51. The van der Waals surface area contributed by atoms with Gasteiger partial charge in [-0.3, -0.25) is 4.79 Å². The molecule has 3 rings (SSSR count). The summed E-state index contributed by atoms with van der Waals surface area (Å²) in [5.41, 5.74) is 0.818. The smallest absolute Gasteiger partial charge is 0.226 e. The number of furan rings is 1. The molecule has 0 atom stereocenters. The molecule has 23 heavy (non-hydrogen) atoms. The zero-order valence-electron chi connectivity index (χ0n) is 13.8. The minimum Gasteiger partial charge on any atom is -0.459 e. The van der Waals surface area contributed by atoms with Gasteiger partial charge in [0, 0.05) is 11.4 Å². The Kier molecular flexibility index (Phi) is 5.16. The van der Waals surface area contributed by atoms with E-state index >= 15 is 0 Å². The van der Waals surface area contributed by atoms with Crippen molar-refractivity contribution in [1.82, 2.24) is 10.3 Å². The second-order valence-electron chi connectivity index (χ2n) is 6.42. The van der Waals surface area contributed by atoms with Crippen molar-refractivity contribution in [2.75, 3.05) is 0 Å². The van der Waals surface area contributed by atoms with Crippen molar-refractivity contribution in [2.24, 2.45) is 5.92 Å². The molecule has 0 saturated heterocycles. The summed E-state index contributed by atoms with van der Waals surface area (Å²) < 4.78 is 5.58. The fraction of sp³-hybridized carbons (Fsp3) is 0.556. The monoisotopic (exact) mass is 332 g/mol. The van der Waals surface area contributed by atoms with Gasteiger partial charge in [0.2, 0.25) is 5.91 Å². The highest BCUT2D eigenvalue weighted by atomic mass is 32.1. The molecule has 1 saturated carbocycles. The molecule has 2 aromatic heterocycles. The van der Waals surface area contributed by atoms with E-state index in [9.17, 15) is 4.79 Å². The third kappa shape index (κ3) is 4.22. The summed E-state index contributed by atoms with van der Waals surface area (Å²) in [6.07, 6.45) is 6.30. The van der Waals surface area contributed by atoms with Crippen LogP contribution >= 0.6 is 11.3 Å². The maximum Gasteiger partial charge on any atom is 0.226 e. The molecule has 0 spiro atoms. The Labute approximate surface area is 141 Å². The predicted molar refractivity (Wildman–Crippen MR) is 92.4 cm³/mol. The highest BCUT2D eigenvalue weighted by Crippen LogP contribution is 2.27. The van der Waals surface area contributed by atoms with Gasteiger partial charge in [-0.1, -0.05) is 13.3 Å². The molecule has 0 aromatic carbocycles. The lowest BCUT2D eigenvalue weighted by atomic mass is 9.84. The van der Waals surface area contributed by atoms with E-state index in [0.717, 1.165) is 41.0 Å². The van der Waals surface area contributed by atoms with Crippen LogP contribution in [-0.2, 0) is 11.2 Å². The lowest BCUT2D eigenvalue weighted by Crippen LogP contribution is -2.38. The first-order valence-electron chi connectivity index (χ1n) is 8.44. The summed E-state index contributed by atoms with van der Waals surface area (Å²) >= 11 is 1.52. The highest BCUT2D eigenvalue weighted by molar-refractivity contribution is 7.13. The van der Waals surface area contributed by atoms with Crippen molar-refractivity contribution < 1.29 is 9.21 Å². The second kappa shape index (κ2) is 7.30. The molecule has 1 aliphatic rings. The molecule has 0 aliphatic heterocycles. The first-order chi connectivity index (χ1) is 11.1. The third-order valence-electron chi connectivity index (χ3n) is 4.63. The molecule has 1 fully saturated rings. The minimum absolute atomic E-state index is 0.0809. The van der Waals surface area contributed by atoms with Crippen LogP contribution in [0.3, 0.4) is 0 Å². The van der Waals surface area contributed by atoms with Crippen molar-refractivity contribution in [2.45, 2.75) is 58.4 Å². The van der Waals surface area contributed by atoms with Gasteiger partial charge >= 0.3 is 0 Å². The van der Waals surface area contributed by atoms with E-state index in [-0.39, 0.29) is 5.91 Å². The van der Waals surface area contributed by atoms with Crippen LogP contribution in [0.25, 0.3) is 10.8 Å². The standard InChI is InChI=1S/C18H24N2O2S/c1-3-13-5-7-14(8-6-13)19-17(21)10-15-11-23-18(20-15)16-9-4-12(2)22-16/h4,9,11,13-14H,3,5-8,10H2,1-2H3,(H,19,21). The van der Waals surface area contributed by atoms with E-state index in [2.05, 4.69) is 17.2 Å². The first kappa shape index (κ1) is 16.2. The van der Waals surface area contributed by atoms with E-state index in [1.165, 1.54) is 30.6 Å². The maximum absolute atomic E-state index is 12.2. The van der Waals surface area contributed by atoms with Crippen LogP contribution in [0.1, 0.15) is 50.5 Å². The number of nitrogens with zero attached hydrogens (tertiary/aromatic N) is 1. The van der Waals surface area contributed by atoms with Crippen molar-refractivity contribution in [3.63, 3.8) is 0 Å². The van der Waals surface area contributed by atoms with Crippen LogP contribution in [0.5, 0.6) is 0 Å². The van der Waals surface area contributed by atoms with Crippen LogP contribution in [0, 0.1) is 12.8 Å². The van der Waals surface area contributed by atoms with E-state index < -0.39 is 0 Å².